The number of nitrogens with zero attached hydrogens (tertiary/aromatic N) is 5. The van der Waals surface area contributed by atoms with Crippen molar-refractivity contribution in [2.24, 2.45) is 0 Å². The fraction of sp³-hybridized carbons (Fsp3) is 0.0938. The van der Waals surface area contributed by atoms with Crippen LogP contribution >= 0.6 is 34.7 Å². The summed E-state index contributed by atoms with van der Waals surface area (Å²) >= 11 is 8.84. The number of nitrogens with one attached hydrogen (secondary N) is 1. The molecule has 7 nitrogen and oxygen atoms in total. The predicted molar refractivity (Wildman–Crippen MR) is 173 cm³/mol. The minimum Gasteiger partial charge on any atom is -0.301 e. The van der Waals surface area contributed by atoms with Crippen LogP contribution in [0.2, 0.25) is 5.02 Å². The molecule has 0 spiro atoms. The molecule has 0 aliphatic heterocycles. The zero-order valence-electron chi connectivity index (χ0n) is 22.6. The maximum absolute atomic E-state index is 12.9. The minimum atomic E-state index is -0.168. The van der Waals surface area contributed by atoms with Crippen LogP contribution in [0.5, 0.6) is 0 Å². The molecule has 0 aliphatic carbocycles. The Bertz CT molecular complexity index is 1900. The molecule has 0 saturated carbocycles. The number of aromatic nitrogens is 5. The number of carbonyl (C=O) groups is 1. The molecule has 0 bridgehead atoms. The van der Waals surface area contributed by atoms with Gasteiger partial charge in [0.15, 0.2) is 16.1 Å². The van der Waals surface area contributed by atoms with E-state index in [-0.39, 0.29) is 11.7 Å². The average molecular weight is 609 g/mol. The van der Waals surface area contributed by atoms with Crippen molar-refractivity contribution in [2.45, 2.75) is 18.6 Å². The number of halogens is 1. The van der Waals surface area contributed by atoms with Gasteiger partial charge in [-0.15, -0.1) is 28.1 Å². The van der Waals surface area contributed by atoms with Crippen molar-refractivity contribution in [1.29, 1.82) is 0 Å². The number of benzene rings is 3. The van der Waals surface area contributed by atoms with E-state index in [9.17, 15) is 4.79 Å². The number of allylic oxidation sites excluding steroid dienone is 1. The lowest BCUT2D eigenvalue weighted by Gasteiger charge is -2.12. The van der Waals surface area contributed by atoms with Gasteiger partial charge in [-0.2, -0.15) is 0 Å². The topological polar surface area (TPSA) is 85.6 Å². The van der Waals surface area contributed by atoms with Crippen molar-refractivity contribution in [3.8, 4) is 33.9 Å². The van der Waals surface area contributed by atoms with Crippen LogP contribution in [-0.4, -0.2) is 36.4 Å². The summed E-state index contributed by atoms with van der Waals surface area (Å²) in [5.41, 5.74) is 6.51. The number of rotatable bonds is 9. The van der Waals surface area contributed by atoms with Crippen LogP contribution in [0.1, 0.15) is 5.56 Å². The number of thioether (sulfide) groups is 1. The van der Waals surface area contributed by atoms with E-state index in [4.69, 9.17) is 16.6 Å². The quantitative estimate of drug-likeness (QED) is 0.132. The van der Waals surface area contributed by atoms with Gasteiger partial charge in [-0.25, -0.2) is 9.97 Å². The highest BCUT2D eigenvalue weighted by atomic mass is 35.5. The second kappa shape index (κ2) is 12.3. The molecule has 0 saturated heterocycles. The normalized spacial score (nSPS) is 11.1. The van der Waals surface area contributed by atoms with Crippen molar-refractivity contribution in [3.63, 3.8) is 0 Å². The number of hydrogen-bond acceptors (Lipinski definition) is 7. The summed E-state index contributed by atoms with van der Waals surface area (Å²) in [7, 11) is 0. The number of amides is 1. The molecule has 1 N–H and O–H groups in total. The lowest BCUT2D eigenvalue weighted by molar-refractivity contribution is -0.113. The van der Waals surface area contributed by atoms with Gasteiger partial charge in [-0.05, 0) is 31.2 Å². The maximum Gasteiger partial charge on any atom is 0.236 e. The molecule has 0 unspecified atom stereocenters. The van der Waals surface area contributed by atoms with Gasteiger partial charge in [0.1, 0.15) is 0 Å². The zero-order valence-corrected chi connectivity index (χ0v) is 25.0. The van der Waals surface area contributed by atoms with E-state index < -0.39 is 0 Å². The first kappa shape index (κ1) is 27.8. The Balaban J connectivity index is 1.25. The SMILES string of the molecule is C=CCn1c(SCC(=O)Nc2nc(-c3ccc(C)cc3)cs2)nnc1-c1cc(-c2ccc(Cl)cc2)nc2ccccc12. The Labute approximate surface area is 256 Å². The first-order valence-corrected chi connectivity index (χ1v) is 15.4. The van der Waals surface area contributed by atoms with Crippen molar-refractivity contribution in [3.05, 3.63) is 107 Å². The first-order valence-electron chi connectivity index (χ1n) is 13.1. The van der Waals surface area contributed by atoms with Crippen LogP contribution in [0.4, 0.5) is 5.13 Å². The summed E-state index contributed by atoms with van der Waals surface area (Å²) < 4.78 is 1.97. The predicted octanol–water partition coefficient (Wildman–Crippen LogP) is 8.16. The van der Waals surface area contributed by atoms with E-state index in [1.54, 1.807) is 6.08 Å². The van der Waals surface area contributed by atoms with Gasteiger partial charge in [-0.3, -0.25) is 9.36 Å². The molecule has 6 aromatic rings. The van der Waals surface area contributed by atoms with Crippen molar-refractivity contribution < 1.29 is 4.79 Å². The van der Waals surface area contributed by atoms with E-state index in [0.717, 1.165) is 39.0 Å². The summed E-state index contributed by atoms with van der Waals surface area (Å²) in [6.45, 7) is 6.46. The molecule has 0 atom stereocenters. The maximum atomic E-state index is 12.9. The molecule has 208 valence electrons. The van der Waals surface area contributed by atoms with Crippen LogP contribution in [0.3, 0.4) is 0 Å². The Kier molecular flexibility index (Phi) is 8.14. The lowest BCUT2D eigenvalue weighted by atomic mass is 10.0. The van der Waals surface area contributed by atoms with Crippen LogP contribution in [0, 0.1) is 6.92 Å². The smallest absolute Gasteiger partial charge is 0.236 e. The molecule has 0 aliphatic rings. The number of para-hydroxylation sites is 1. The van der Waals surface area contributed by atoms with Crippen molar-refractivity contribution >= 4 is 56.6 Å². The summed E-state index contributed by atoms with van der Waals surface area (Å²) in [5, 5.41) is 16.7. The third kappa shape index (κ3) is 5.99. The van der Waals surface area contributed by atoms with Gasteiger partial charge in [0.2, 0.25) is 5.91 Å². The van der Waals surface area contributed by atoms with Crippen LogP contribution < -0.4 is 5.32 Å². The van der Waals surface area contributed by atoms with E-state index in [1.807, 2.05) is 95.7 Å². The number of anilines is 1. The third-order valence-electron chi connectivity index (χ3n) is 6.56. The summed E-state index contributed by atoms with van der Waals surface area (Å²) in [6, 6.07) is 25.7. The molecule has 42 heavy (non-hydrogen) atoms. The molecule has 0 radical (unpaired) electrons. The monoisotopic (exact) mass is 608 g/mol. The van der Waals surface area contributed by atoms with Gasteiger partial charge in [0.25, 0.3) is 0 Å². The number of thiazole rings is 1. The highest BCUT2D eigenvalue weighted by Gasteiger charge is 2.19. The van der Waals surface area contributed by atoms with Crippen molar-refractivity contribution in [2.75, 3.05) is 11.1 Å². The van der Waals surface area contributed by atoms with Crippen molar-refractivity contribution in [1.82, 2.24) is 24.7 Å². The second-order valence-corrected chi connectivity index (χ2v) is 11.8. The number of fused-ring (bicyclic) bond motifs is 1. The number of hydrogen-bond donors (Lipinski definition) is 1. The summed E-state index contributed by atoms with van der Waals surface area (Å²) in [6.07, 6.45) is 1.79. The van der Waals surface area contributed by atoms with Gasteiger partial charge in [0, 0.05) is 39.0 Å². The molecule has 1 amide bonds. The van der Waals surface area contributed by atoms with Crippen LogP contribution in [-0.2, 0) is 11.3 Å². The lowest BCUT2D eigenvalue weighted by Crippen LogP contribution is -2.14. The molecule has 3 aromatic heterocycles. The largest absolute Gasteiger partial charge is 0.301 e. The minimum absolute atomic E-state index is 0.155. The fourth-order valence-electron chi connectivity index (χ4n) is 4.49. The van der Waals surface area contributed by atoms with Gasteiger partial charge in [0.05, 0.1) is 22.7 Å². The Morgan fingerprint density at radius 3 is 2.52 bits per heavy atom. The van der Waals surface area contributed by atoms with Gasteiger partial charge in [-0.1, -0.05) is 89.6 Å². The van der Waals surface area contributed by atoms with Gasteiger partial charge < -0.3 is 5.32 Å². The second-order valence-electron chi connectivity index (χ2n) is 9.53. The van der Waals surface area contributed by atoms with Gasteiger partial charge >= 0.3 is 0 Å². The summed E-state index contributed by atoms with van der Waals surface area (Å²) in [5.74, 6) is 0.662. The molecular formula is C32H25ClN6OS2. The van der Waals surface area contributed by atoms with E-state index in [2.05, 4.69) is 27.1 Å². The van der Waals surface area contributed by atoms with E-state index >= 15 is 0 Å². The molecule has 3 heterocycles. The Morgan fingerprint density at radius 2 is 1.74 bits per heavy atom. The van der Waals surface area contributed by atoms with E-state index in [0.29, 0.717) is 27.7 Å². The molecule has 3 aromatic carbocycles. The Hall–Kier alpha value is -4.31. The van der Waals surface area contributed by atoms with Crippen LogP contribution in [0.25, 0.3) is 44.8 Å². The fourth-order valence-corrected chi connectivity index (χ4v) is 6.10. The average Bonchev–Trinajstić information content (AvgIpc) is 3.63. The molecule has 10 heteroatoms. The standard InChI is InChI=1S/C32H25ClN6OS2/c1-3-16-39-30(25-17-27(21-12-14-23(33)15-13-21)34-26-7-5-4-6-24(25)26)37-38-32(39)42-19-29(40)36-31-35-28(18-41-31)22-10-8-20(2)9-11-22/h3-15,17-18H,1,16,19H2,2H3,(H,35,36,40). The van der Waals surface area contributed by atoms with E-state index in [1.165, 1.54) is 28.7 Å². The molecular weight excluding hydrogens is 584 g/mol. The Morgan fingerprint density at radius 1 is 1.00 bits per heavy atom. The number of carbonyl (C=O) groups excluding carboxylic acids is 1. The van der Waals surface area contributed by atoms with Crippen LogP contribution in [0.15, 0.2) is 102 Å². The number of pyridine rings is 1. The molecule has 0 fully saturated rings. The summed E-state index contributed by atoms with van der Waals surface area (Å²) in [4.78, 5) is 22.3. The highest BCUT2D eigenvalue weighted by Crippen LogP contribution is 2.33. The zero-order chi connectivity index (χ0) is 29.1. The first-order chi connectivity index (χ1) is 20.5. The number of aryl methyl sites for hydroxylation is 1. The molecule has 6 rings (SSSR count). The highest BCUT2D eigenvalue weighted by molar-refractivity contribution is 7.99. The third-order valence-corrected chi connectivity index (χ3v) is 8.53.